The van der Waals surface area contributed by atoms with E-state index in [9.17, 15) is 13.2 Å². The molecule has 3 rings (SSSR count). The predicted octanol–water partition coefficient (Wildman–Crippen LogP) is 4.53. The van der Waals surface area contributed by atoms with Gasteiger partial charge in [0.2, 0.25) is 5.71 Å². The summed E-state index contributed by atoms with van der Waals surface area (Å²) in [5.41, 5.74) is -3.84. The molecule has 0 bridgehead atoms. The summed E-state index contributed by atoms with van der Waals surface area (Å²) in [7, 11) is 0. The first-order valence-corrected chi connectivity index (χ1v) is 5.97. The molecule has 0 aliphatic rings. The fourth-order valence-corrected chi connectivity index (χ4v) is 2.08. The van der Waals surface area contributed by atoms with Crippen LogP contribution in [0.25, 0.3) is 22.1 Å². The van der Waals surface area contributed by atoms with Crippen molar-refractivity contribution >= 4 is 34.1 Å². The zero-order valence-electron chi connectivity index (χ0n) is 9.27. The Hall–Kier alpha value is -1.89. The summed E-state index contributed by atoms with van der Waals surface area (Å²) >= 11 is -0.569. The van der Waals surface area contributed by atoms with E-state index in [1.807, 2.05) is 0 Å². The first-order valence-electron chi connectivity index (χ1n) is 5.23. The van der Waals surface area contributed by atoms with Crippen molar-refractivity contribution in [3.63, 3.8) is 0 Å². The Bertz CT molecular complexity index is 738. The fourth-order valence-electron chi connectivity index (χ4n) is 1.76. The molecule has 19 heavy (non-hydrogen) atoms. The molecule has 0 saturated carbocycles. The number of furan rings is 1. The van der Waals surface area contributed by atoms with Crippen LogP contribution < -0.4 is 4.18 Å². The van der Waals surface area contributed by atoms with Crippen LogP contribution in [0, 0.1) is 0 Å². The van der Waals surface area contributed by atoms with Crippen LogP contribution in [0.1, 0.15) is 0 Å². The van der Waals surface area contributed by atoms with Crippen LogP contribution in [-0.4, -0.2) is 10.5 Å². The first kappa shape index (κ1) is 12.2. The monoisotopic (exact) mass is 285 g/mol. The van der Waals surface area contributed by atoms with Gasteiger partial charge in [-0.1, -0.05) is 12.1 Å². The summed E-state index contributed by atoms with van der Waals surface area (Å²) < 4.78 is 46.5. The average molecular weight is 285 g/mol. The molecule has 0 spiro atoms. The Morgan fingerprint density at radius 3 is 2.68 bits per heavy atom. The largest absolute Gasteiger partial charge is 0.479 e. The number of benzene rings is 1. The van der Waals surface area contributed by atoms with E-state index >= 15 is 0 Å². The highest BCUT2D eigenvalue weighted by atomic mass is 32.2. The molecule has 0 radical (unpaired) electrons. The molecule has 3 nitrogen and oxygen atoms in total. The molecule has 0 atom stereocenters. The summed E-state index contributed by atoms with van der Waals surface area (Å²) in [5.74, 6) is 0.0258. The van der Waals surface area contributed by atoms with E-state index < -0.39 is 17.6 Å². The number of halogens is 3. The minimum atomic E-state index is -4.47. The molecule has 0 fully saturated rings. The average Bonchev–Trinajstić information content (AvgIpc) is 2.74. The lowest BCUT2D eigenvalue weighted by molar-refractivity contribution is -0.0369. The maximum Gasteiger partial charge on any atom is 0.479 e. The lowest BCUT2D eigenvalue weighted by Gasteiger charge is -2.06. The van der Waals surface area contributed by atoms with Crippen LogP contribution in [0.2, 0.25) is 0 Å². The highest BCUT2D eigenvalue weighted by molar-refractivity contribution is 7.95. The number of aromatic nitrogens is 1. The minimum absolute atomic E-state index is 0.0258. The summed E-state index contributed by atoms with van der Waals surface area (Å²) in [6.07, 6.45) is 1.55. The lowest BCUT2D eigenvalue weighted by Crippen LogP contribution is -2.02. The molecule has 0 aliphatic carbocycles. The Labute approximate surface area is 109 Å². The van der Waals surface area contributed by atoms with E-state index in [1.165, 1.54) is 6.07 Å². The van der Waals surface area contributed by atoms with Crippen molar-refractivity contribution in [3.05, 3.63) is 36.5 Å². The molecule has 0 unspecified atom stereocenters. The maximum atomic E-state index is 12.1. The molecule has 0 amide bonds. The third-order valence-electron chi connectivity index (χ3n) is 2.46. The van der Waals surface area contributed by atoms with Gasteiger partial charge >= 0.3 is 5.51 Å². The molecule has 2 aromatic heterocycles. The van der Waals surface area contributed by atoms with Crippen molar-refractivity contribution in [2.75, 3.05) is 0 Å². The smallest absolute Gasteiger partial charge is 0.434 e. The van der Waals surface area contributed by atoms with Gasteiger partial charge in [-0.05, 0) is 18.2 Å². The predicted molar refractivity (Wildman–Crippen MR) is 65.8 cm³/mol. The van der Waals surface area contributed by atoms with Crippen molar-refractivity contribution in [2.24, 2.45) is 0 Å². The number of fused-ring (bicyclic) bond motifs is 3. The summed E-state index contributed by atoms with van der Waals surface area (Å²) in [4.78, 5) is 4.02. The van der Waals surface area contributed by atoms with E-state index in [-0.39, 0.29) is 11.3 Å². The van der Waals surface area contributed by atoms with E-state index in [2.05, 4.69) is 9.17 Å². The third kappa shape index (κ3) is 2.33. The Morgan fingerprint density at radius 1 is 1.11 bits per heavy atom. The third-order valence-corrected chi connectivity index (χ3v) is 2.92. The number of alkyl halides is 3. The molecule has 1 aromatic carbocycles. The first-order chi connectivity index (χ1) is 9.04. The number of pyridine rings is 1. The van der Waals surface area contributed by atoms with Crippen molar-refractivity contribution in [1.29, 1.82) is 0 Å². The Balaban J connectivity index is 2.10. The van der Waals surface area contributed by atoms with Crippen LogP contribution >= 0.6 is 12.0 Å². The number of hydrogen-bond donors (Lipinski definition) is 0. The van der Waals surface area contributed by atoms with Crippen molar-refractivity contribution in [1.82, 2.24) is 4.98 Å². The standard InChI is InChI=1S/C12H6F3NO2S/c13-12(14,15)19-18-9-5-1-3-7-8-4-2-6-16-11(8)17-10(7)9/h1-6H. The number of nitrogens with zero attached hydrogens (tertiary/aromatic N) is 1. The molecule has 98 valence electrons. The quantitative estimate of drug-likeness (QED) is 0.648. The maximum absolute atomic E-state index is 12.1. The van der Waals surface area contributed by atoms with Crippen LogP contribution in [0.15, 0.2) is 40.9 Å². The normalized spacial score (nSPS) is 12.2. The molecule has 3 aromatic rings. The molecule has 7 heteroatoms. The molecular weight excluding hydrogens is 279 g/mol. The van der Waals surface area contributed by atoms with Gasteiger partial charge in [0.05, 0.1) is 0 Å². The number of rotatable bonds is 2. The minimum Gasteiger partial charge on any atom is -0.434 e. The van der Waals surface area contributed by atoms with Gasteiger partial charge in [-0.2, -0.15) is 13.2 Å². The van der Waals surface area contributed by atoms with Gasteiger partial charge in [0, 0.05) is 17.0 Å². The van der Waals surface area contributed by atoms with Crippen LogP contribution in [0.5, 0.6) is 5.75 Å². The Kier molecular flexibility index (Phi) is 2.78. The van der Waals surface area contributed by atoms with Gasteiger partial charge in [-0.15, -0.1) is 0 Å². The number of para-hydroxylation sites is 1. The van der Waals surface area contributed by atoms with E-state index in [4.69, 9.17) is 4.42 Å². The second-order valence-corrected chi connectivity index (χ2v) is 4.50. The van der Waals surface area contributed by atoms with Gasteiger partial charge in [-0.3, -0.25) is 0 Å². The molecule has 0 N–H and O–H groups in total. The second-order valence-electron chi connectivity index (χ2n) is 3.70. The molecule has 0 aliphatic heterocycles. The summed E-state index contributed by atoms with van der Waals surface area (Å²) in [5, 5.41) is 1.41. The molecule has 0 saturated heterocycles. The topological polar surface area (TPSA) is 35.3 Å². The highest BCUT2D eigenvalue weighted by Gasteiger charge is 2.32. The van der Waals surface area contributed by atoms with Crippen molar-refractivity contribution in [3.8, 4) is 5.75 Å². The molecule has 2 heterocycles. The summed E-state index contributed by atoms with van der Waals surface area (Å²) in [6, 6.07) is 8.29. The van der Waals surface area contributed by atoms with Crippen LogP contribution in [0.4, 0.5) is 13.2 Å². The van der Waals surface area contributed by atoms with Crippen molar-refractivity contribution in [2.45, 2.75) is 5.51 Å². The molecular formula is C12H6F3NO2S. The van der Waals surface area contributed by atoms with Gasteiger partial charge in [0.1, 0.15) is 0 Å². The van der Waals surface area contributed by atoms with Crippen LogP contribution in [0.3, 0.4) is 0 Å². The van der Waals surface area contributed by atoms with Gasteiger partial charge in [-0.25, -0.2) is 4.98 Å². The Morgan fingerprint density at radius 2 is 1.89 bits per heavy atom. The second kappa shape index (κ2) is 4.34. The van der Waals surface area contributed by atoms with E-state index in [1.54, 1.807) is 30.5 Å². The van der Waals surface area contributed by atoms with Crippen LogP contribution in [-0.2, 0) is 0 Å². The zero-order valence-corrected chi connectivity index (χ0v) is 10.1. The number of hydrogen-bond acceptors (Lipinski definition) is 4. The SMILES string of the molecule is FC(F)(F)SOc1cccc2c1oc1ncccc12. The zero-order chi connectivity index (χ0) is 13.5. The van der Waals surface area contributed by atoms with Gasteiger partial charge < -0.3 is 8.60 Å². The van der Waals surface area contributed by atoms with Crippen molar-refractivity contribution < 1.29 is 21.8 Å². The van der Waals surface area contributed by atoms with Gasteiger partial charge in [0.15, 0.2) is 23.4 Å². The lowest BCUT2D eigenvalue weighted by atomic mass is 10.2. The van der Waals surface area contributed by atoms with E-state index in [0.29, 0.717) is 11.1 Å². The summed E-state index contributed by atoms with van der Waals surface area (Å²) in [6.45, 7) is 0. The highest BCUT2D eigenvalue weighted by Crippen LogP contribution is 2.38. The van der Waals surface area contributed by atoms with Gasteiger partial charge in [0.25, 0.3) is 0 Å². The fraction of sp³-hybridized carbons (Fsp3) is 0.0833. The van der Waals surface area contributed by atoms with E-state index in [0.717, 1.165) is 5.39 Å².